The van der Waals surface area contributed by atoms with Gasteiger partial charge in [0.15, 0.2) is 0 Å². The second kappa shape index (κ2) is 5.30. The minimum Gasteiger partial charge on any atom is -0.473 e. The van der Waals surface area contributed by atoms with Crippen molar-refractivity contribution < 1.29 is 4.74 Å². The molecule has 0 saturated carbocycles. The van der Waals surface area contributed by atoms with E-state index in [9.17, 15) is 0 Å². The van der Waals surface area contributed by atoms with Crippen molar-refractivity contribution in [2.24, 2.45) is 0 Å². The molecule has 4 nitrogen and oxygen atoms in total. The standard InChI is InChI=1S/C13H15N3O/c1-2-12-7-13(16-9-15-12)17-8-10-3-5-11(14)6-4-10/h3-7,9H,2,8,14H2,1H3. The highest BCUT2D eigenvalue weighted by atomic mass is 16.5. The summed E-state index contributed by atoms with van der Waals surface area (Å²) >= 11 is 0. The van der Waals surface area contributed by atoms with Gasteiger partial charge in [0.2, 0.25) is 5.88 Å². The number of benzene rings is 1. The van der Waals surface area contributed by atoms with Crippen molar-refractivity contribution in [2.75, 3.05) is 5.73 Å². The number of ether oxygens (including phenoxy) is 1. The van der Waals surface area contributed by atoms with Crippen molar-refractivity contribution in [2.45, 2.75) is 20.0 Å². The van der Waals surface area contributed by atoms with Crippen molar-refractivity contribution in [1.82, 2.24) is 9.97 Å². The second-order valence-electron chi connectivity index (χ2n) is 3.73. The van der Waals surface area contributed by atoms with Gasteiger partial charge in [-0.2, -0.15) is 0 Å². The van der Waals surface area contributed by atoms with Gasteiger partial charge in [-0.25, -0.2) is 9.97 Å². The summed E-state index contributed by atoms with van der Waals surface area (Å²) in [5.74, 6) is 0.605. The number of hydrogen-bond acceptors (Lipinski definition) is 4. The van der Waals surface area contributed by atoms with E-state index in [4.69, 9.17) is 10.5 Å². The average Bonchev–Trinajstić information content (AvgIpc) is 2.38. The number of nitrogen functional groups attached to an aromatic ring is 1. The van der Waals surface area contributed by atoms with E-state index in [2.05, 4.69) is 9.97 Å². The fourth-order valence-corrected chi connectivity index (χ4v) is 1.42. The average molecular weight is 229 g/mol. The maximum Gasteiger partial charge on any atom is 0.216 e. The van der Waals surface area contributed by atoms with E-state index < -0.39 is 0 Å². The van der Waals surface area contributed by atoms with Crippen LogP contribution in [0.5, 0.6) is 5.88 Å². The molecule has 2 aromatic rings. The summed E-state index contributed by atoms with van der Waals surface area (Å²) in [5.41, 5.74) is 8.41. The van der Waals surface area contributed by atoms with Crippen LogP contribution in [0.25, 0.3) is 0 Å². The number of nitrogens with zero attached hydrogens (tertiary/aromatic N) is 2. The molecule has 1 aromatic heterocycles. The van der Waals surface area contributed by atoms with Crippen LogP contribution in [-0.4, -0.2) is 9.97 Å². The molecule has 0 aliphatic rings. The minimum atomic E-state index is 0.487. The second-order valence-corrected chi connectivity index (χ2v) is 3.73. The Morgan fingerprint density at radius 1 is 1.18 bits per heavy atom. The van der Waals surface area contributed by atoms with E-state index in [0.717, 1.165) is 23.4 Å². The lowest BCUT2D eigenvalue weighted by Crippen LogP contribution is -1.99. The van der Waals surface area contributed by atoms with E-state index in [1.165, 1.54) is 6.33 Å². The Morgan fingerprint density at radius 3 is 2.65 bits per heavy atom. The summed E-state index contributed by atoms with van der Waals surface area (Å²) in [6.07, 6.45) is 2.40. The quantitative estimate of drug-likeness (QED) is 0.816. The Bertz CT molecular complexity index is 482. The van der Waals surface area contributed by atoms with Crippen molar-refractivity contribution in [3.63, 3.8) is 0 Å². The lowest BCUT2D eigenvalue weighted by molar-refractivity contribution is 0.293. The fourth-order valence-electron chi connectivity index (χ4n) is 1.42. The third-order valence-electron chi connectivity index (χ3n) is 2.43. The predicted octanol–water partition coefficient (Wildman–Crippen LogP) is 2.20. The smallest absolute Gasteiger partial charge is 0.216 e. The van der Waals surface area contributed by atoms with Gasteiger partial charge in [-0.15, -0.1) is 0 Å². The zero-order chi connectivity index (χ0) is 12.1. The molecule has 17 heavy (non-hydrogen) atoms. The lowest BCUT2D eigenvalue weighted by Gasteiger charge is -2.06. The number of hydrogen-bond donors (Lipinski definition) is 1. The van der Waals surface area contributed by atoms with E-state index in [-0.39, 0.29) is 0 Å². The van der Waals surface area contributed by atoms with Gasteiger partial charge in [0.1, 0.15) is 12.9 Å². The molecule has 0 saturated heterocycles. The summed E-state index contributed by atoms with van der Waals surface area (Å²) in [5, 5.41) is 0. The number of rotatable bonds is 4. The molecular formula is C13H15N3O. The van der Waals surface area contributed by atoms with Gasteiger partial charge in [-0.05, 0) is 24.1 Å². The molecule has 0 atom stereocenters. The monoisotopic (exact) mass is 229 g/mol. The number of aromatic nitrogens is 2. The van der Waals surface area contributed by atoms with E-state index in [0.29, 0.717) is 12.5 Å². The number of nitrogens with two attached hydrogens (primary N) is 1. The summed E-state index contributed by atoms with van der Waals surface area (Å²) in [6, 6.07) is 9.46. The van der Waals surface area contributed by atoms with Gasteiger partial charge >= 0.3 is 0 Å². The molecule has 0 spiro atoms. The molecule has 88 valence electrons. The summed E-state index contributed by atoms with van der Waals surface area (Å²) < 4.78 is 5.58. The number of anilines is 1. The lowest BCUT2D eigenvalue weighted by atomic mass is 10.2. The van der Waals surface area contributed by atoms with Crippen LogP contribution in [0.4, 0.5) is 5.69 Å². The van der Waals surface area contributed by atoms with Crippen LogP contribution in [0, 0.1) is 0 Å². The molecule has 4 heteroatoms. The third kappa shape index (κ3) is 3.17. The predicted molar refractivity (Wildman–Crippen MR) is 66.6 cm³/mol. The normalized spacial score (nSPS) is 10.2. The van der Waals surface area contributed by atoms with Gasteiger partial charge in [-0.3, -0.25) is 0 Å². The van der Waals surface area contributed by atoms with Crippen LogP contribution in [0.15, 0.2) is 36.7 Å². The van der Waals surface area contributed by atoms with Crippen LogP contribution < -0.4 is 10.5 Å². The molecule has 0 amide bonds. The summed E-state index contributed by atoms with van der Waals surface area (Å²) in [4.78, 5) is 8.18. The van der Waals surface area contributed by atoms with Crippen molar-refractivity contribution >= 4 is 5.69 Å². The zero-order valence-corrected chi connectivity index (χ0v) is 9.76. The Hall–Kier alpha value is -2.10. The van der Waals surface area contributed by atoms with Crippen LogP contribution >= 0.6 is 0 Å². The molecule has 0 bridgehead atoms. The molecule has 1 heterocycles. The van der Waals surface area contributed by atoms with Crippen molar-refractivity contribution in [3.8, 4) is 5.88 Å². The number of aryl methyl sites for hydroxylation is 1. The Morgan fingerprint density at radius 2 is 1.94 bits per heavy atom. The zero-order valence-electron chi connectivity index (χ0n) is 9.76. The van der Waals surface area contributed by atoms with Crippen LogP contribution in [-0.2, 0) is 13.0 Å². The highest BCUT2D eigenvalue weighted by Crippen LogP contribution is 2.11. The Kier molecular flexibility index (Phi) is 3.55. The molecule has 0 radical (unpaired) electrons. The molecule has 0 fully saturated rings. The van der Waals surface area contributed by atoms with Gasteiger partial charge in [-0.1, -0.05) is 19.1 Å². The fraction of sp³-hybridized carbons (Fsp3) is 0.231. The first-order valence-electron chi connectivity index (χ1n) is 5.56. The third-order valence-corrected chi connectivity index (χ3v) is 2.43. The Labute approximate surface area is 100 Å². The van der Waals surface area contributed by atoms with E-state index >= 15 is 0 Å². The molecular weight excluding hydrogens is 214 g/mol. The van der Waals surface area contributed by atoms with Gasteiger partial charge < -0.3 is 10.5 Å². The molecule has 0 aliphatic carbocycles. The first kappa shape index (κ1) is 11.4. The Balaban J connectivity index is 1.99. The van der Waals surface area contributed by atoms with Gasteiger partial charge in [0.25, 0.3) is 0 Å². The van der Waals surface area contributed by atoms with Crippen LogP contribution in [0.2, 0.25) is 0 Å². The summed E-state index contributed by atoms with van der Waals surface area (Å²) in [6.45, 7) is 2.53. The van der Waals surface area contributed by atoms with Crippen molar-refractivity contribution in [3.05, 3.63) is 47.9 Å². The van der Waals surface area contributed by atoms with Gasteiger partial charge in [0, 0.05) is 17.4 Å². The first-order chi connectivity index (χ1) is 8.28. The van der Waals surface area contributed by atoms with E-state index in [1.54, 1.807) is 0 Å². The van der Waals surface area contributed by atoms with Gasteiger partial charge in [0.05, 0.1) is 0 Å². The topological polar surface area (TPSA) is 61.0 Å². The highest BCUT2D eigenvalue weighted by molar-refractivity contribution is 5.39. The summed E-state index contributed by atoms with van der Waals surface area (Å²) in [7, 11) is 0. The SMILES string of the molecule is CCc1cc(OCc2ccc(N)cc2)ncn1. The molecule has 0 unspecified atom stereocenters. The first-order valence-corrected chi connectivity index (χ1v) is 5.56. The van der Waals surface area contributed by atoms with Crippen molar-refractivity contribution in [1.29, 1.82) is 0 Å². The highest BCUT2D eigenvalue weighted by Gasteiger charge is 1.99. The molecule has 2 rings (SSSR count). The largest absolute Gasteiger partial charge is 0.473 e. The molecule has 0 aliphatic heterocycles. The van der Waals surface area contributed by atoms with Crippen LogP contribution in [0.3, 0.4) is 0 Å². The minimum absolute atomic E-state index is 0.487. The van der Waals surface area contributed by atoms with Crippen LogP contribution in [0.1, 0.15) is 18.2 Å². The molecule has 2 N–H and O–H groups in total. The van der Waals surface area contributed by atoms with E-state index in [1.807, 2.05) is 37.3 Å². The molecule has 1 aromatic carbocycles. The maximum atomic E-state index is 5.61. The maximum absolute atomic E-state index is 5.61.